The number of halogens is 1. The molecule has 0 saturated heterocycles. The monoisotopic (exact) mass is 244 g/mol. The number of aryl methyl sites for hydroxylation is 1. The fourth-order valence-electron chi connectivity index (χ4n) is 0.994. The van der Waals surface area contributed by atoms with Crippen LogP contribution >= 0.6 is 24.4 Å². The van der Waals surface area contributed by atoms with Crippen molar-refractivity contribution in [1.29, 1.82) is 0 Å². The summed E-state index contributed by atoms with van der Waals surface area (Å²) in [5.41, 5.74) is 1.31. The summed E-state index contributed by atoms with van der Waals surface area (Å²) in [7, 11) is 0.106. The van der Waals surface area contributed by atoms with Gasteiger partial charge in [0.2, 0.25) is 0 Å². The van der Waals surface area contributed by atoms with Crippen LogP contribution in [-0.2, 0) is 11.0 Å². The van der Waals surface area contributed by atoms with E-state index in [0.29, 0.717) is 0 Å². The maximum Gasteiger partial charge on any atom is 0.192 e. The molecule has 12 heavy (non-hydrogen) atoms. The molecule has 1 aromatic rings. The first kappa shape index (κ1) is 9.88. The predicted molar refractivity (Wildman–Crippen MR) is 55.8 cm³/mol. The average Bonchev–Trinajstić information content (AvgIpc) is 2.15. The molecule has 0 bridgehead atoms. The van der Waals surface area contributed by atoms with E-state index in [1.54, 1.807) is 0 Å². The van der Waals surface area contributed by atoms with E-state index in [1.807, 2.05) is 24.3 Å². The molecule has 0 radical (unpaired) electrons. The second-order valence-electron chi connectivity index (χ2n) is 2.55. The Morgan fingerprint density at radius 3 is 2.42 bits per heavy atom. The van der Waals surface area contributed by atoms with Gasteiger partial charge in [0.25, 0.3) is 0 Å². The Labute approximate surface area is 82.5 Å². The Morgan fingerprint density at radius 1 is 1.25 bits per heavy atom. The summed E-state index contributed by atoms with van der Waals surface area (Å²) in [6.07, 6.45) is 2.23. The van der Waals surface area contributed by atoms with Gasteiger partial charge in [0.1, 0.15) is 0 Å². The Hall–Kier alpha value is -0.200. The van der Waals surface area contributed by atoms with Crippen LogP contribution in [0, 0.1) is 0 Å². The van der Waals surface area contributed by atoms with Crippen LogP contribution < -0.4 is 5.30 Å². The van der Waals surface area contributed by atoms with Crippen molar-refractivity contribution in [3.8, 4) is 0 Å². The third-order valence-corrected chi connectivity index (χ3v) is 2.71. The highest BCUT2D eigenvalue weighted by molar-refractivity contribution is 9.09. The van der Waals surface area contributed by atoms with Crippen molar-refractivity contribution in [1.82, 2.24) is 0 Å². The van der Waals surface area contributed by atoms with Gasteiger partial charge in [0.05, 0.1) is 0 Å². The molecule has 0 amide bonds. The van der Waals surface area contributed by atoms with E-state index in [4.69, 9.17) is 0 Å². The van der Waals surface area contributed by atoms with Gasteiger partial charge in [-0.2, -0.15) is 0 Å². The molecule has 0 aromatic heterocycles. The highest BCUT2D eigenvalue weighted by Crippen LogP contribution is 2.05. The molecule has 0 aliphatic rings. The number of hydrogen-bond acceptors (Lipinski definition) is 1. The summed E-state index contributed by atoms with van der Waals surface area (Å²) in [5.74, 6) is 0. The lowest BCUT2D eigenvalue weighted by Crippen LogP contribution is -1.92. The minimum atomic E-state index is 0.106. The highest BCUT2D eigenvalue weighted by atomic mass is 79.9. The van der Waals surface area contributed by atoms with E-state index in [9.17, 15) is 4.57 Å². The van der Waals surface area contributed by atoms with E-state index in [2.05, 4.69) is 15.9 Å². The molecular weight excluding hydrogens is 235 g/mol. The van der Waals surface area contributed by atoms with Crippen molar-refractivity contribution in [3.63, 3.8) is 0 Å². The second kappa shape index (κ2) is 5.45. The zero-order valence-electron chi connectivity index (χ0n) is 6.66. The molecular formula is C9H10BrOP. The van der Waals surface area contributed by atoms with Gasteiger partial charge in [-0.25, -0.2) is 0 Å². The first-order valence-corrected chi connectivity index (χ1v) is 5.78. The Balaban J connectivity index is 2.58. The summed E-state index contributed by atoms with van der Waals surface area (Å²) in [5, 5.41) is 1.88. The zero-order chi connectivity index (χ0) is 8.81. The summed E-state index contributed by atoms with van der Waals surface area (Å²) in [6.45, 7) is 0. The molecule has 1 rings (SSSR count). The maximum atomic E-state index is 10.4. The zero-order valence-corrected chi connectivity index (χ0v) is 9.14. The molecule has 0 spiro atoms. The first-order valence-electron chi connectivity index (χ1n) is 3.85. The molecule has 0 aliphatic heterocycles. The Morgan fingerprint density at radius 2 is 1.92 bits per heavy atom. The standard InChI is InChI=1S/C9H10BrOP/c10-7-1-2-8-3-5-9(12-11)6-4-8/h3-6H,1-2,7H2. The van der Waals surface area contributed by atoms with Gasteiger partial charge in [-0.05, 0) is 30.5 Å². The van der Waals surface area contributed by atoms with Gasteiger partial charge in [0.15, 0.2) is 8.46 Å². The van der Waals surface area contributed by atoms with Gasteiger partial charge in [-0.1, -0.05) is 28.1 Å². The van der Waals surface area contributed by atoms with E-state index in [0.717, 1.165) is 23.5 Å². The van der Waals surface area contributed by atoms with E-state index < -0.39 is 0 Å². The molecule has 0 atom stereocenters. The number of benzene rings is 1. The molecule has 0 saturated carbocycles. The van der Waals surface area contributed by atoms with E-state index in [1.165, 1.54) is 5.56 Å². The first-order chi connectivity index (χ1) is 5.86. The second-order valence-corrected chi connectivity index (χ2v) is 4.04. The highest BCUT2D eigenvalue weighted by Gasteiger charge is 1.93. The third-order valence-electron chi connectivity index (χ3n) is 1.64. The molecule has 64 valence electrons. The van der Waals surface area contributed by atoms with Gasteiger partial charge in [-0.3, -0.25) is 4.57 Å². The van der Waals surface area contributed by atoms with Gasteiger partial charge in [0, 0.05) is 10.6 Å². The summed E-state index contributed by atoms with van der Waals surface area (Å²) < 4.78 is 10.4. The van der Waals surface area contributed by atoms with Crippen LogP contribution in [0.4, 0.5) is 0 Å². The lowest BCUT2D eigenvalue weighted by atomic mass is 10.1. The van der Waals surface area contributed by atoms with Crippen molar-refractivity contribution in [2.24, 2.45) is 0 Å². The van der Waals surface area contributed by atoms with E-state index >= 15 is 0 Å². The normalized spacial score (nSPS) is 10.4. The number of rotatable bonds is 4. The largest absolute Gasteiger partial charge is 0.269 e. The molecule has 0 N–H and O–H groups in total. The fraction of sp³-hybridized carbons (Fsp3) is 0.333. The molecule has 0 heterocycles. The molecule has 1 aromatic carbocycles. The summed E-state index contributed by atoms with van der Waals surface area (Å²) >= 11 is 3.38. The smallest absolute Gasteiger partial charge is 0.192 e. The number of hydrogen-bond donors (Lipinski definition) is 0. The van der Waals surface area contributed by atoms with Crippen molar-refractivity contribution in [2.75, 3.05) is 5.33 Å². The SMILES string of the molecule is O=Pc1ccc(CCCBr)cc1. The van der Waals surface area contributed by atoms with Crippen molar-refractivity contribution < 1.29 is 4.57 Å². The minimum absolute atomic E-state index is 0.106. The van der Waals surface area contributed by atoms with Crippen molar-refractivity contribution in [2.45, 2.75) is 12.8 Å². The van der Waals surface area contributed by atoms with Crippen LogP contribution in [0.25, 0.3) is 0 Å². The molecule has 0 fully saturated rings. The van der Waals surface area contributed by atoms with Crippen molar-refractivity contribution >= 4 is 29.7 Å². The fourth-order valence-corrected chi connectivity index (χ4v) is 1.55. The molecule has 1 nitrogen and oxygen atoms in total. The third kappa shape index (κ3) is 3.04. The molecule has 0 unspecified atom stereocenters. The molecule has 3 heteroatoms. The van der Waals surface area contributed by atoms with Crippen LogP contribution in [0.1, 0.15) is 12.0 Å². The van der Waals surface area contributed by atoms with Gasteiger partial charge >= 0.3 is 0 Å². The molecule has 0 aliphatic carbocycles. The van der Waals surface area contributed by atoms with E-state index in [-0.39, 0.29) is 8.46 Å². The number of alkyl halides is 1. The Bertz CT molecular complexity index is 245. The van der Waals surface area contributed by atoms with Crippen LogP contribution in [0.3, 0.4) is 0 Å². The lowest BCUT2D eigenvalue weighted by Gasteiger charge is -1.97. The maximum absolute atomic E-state index is 10.4. The van der Waals surface area contributed by atoms with Crippen LogP contribution in [0.15, 0.2) is 24.3 Å². The van der Waals surface area contributed by atoms with Crippen LogP contribution in [0.2, 0.25) is 0 Å². The topological polar surface area (TPSA) is 17.1 Å². The van der Waals surface area contributed by atoms with Crippen molar-refractivity contribution in [3.05, 3.63) is 29.8 Å². The summed E-state index contributed by atoms with van der Waals surface area (Å²) in [4.78, 5) is 0. The van der Waals surface area contributed by atoms with Crippen LogP contribution in [-0.4, -0.2) is 5.33 Å². The minimum Gasteiger partial charge on any atom is -0.269 e. The average molecular weight is 245 g/mol. The Kier molecular flexibility index (Phi) is 4.49. The van der Waals surface area contributed by atoms with Gasteiger partial charge in [-0.15, -0.1) is 0 Å². The van der Waals surface area contributed by atoms with Crippen LogP contribution in [0.5, 0.6) is 0 Å². The van der Waals surface area contributed by atoms with Gasteiger partial charge < -0.3 is 0 Å². The summed E-state index contributed by atoms with van der Waals surface area (Å²) in [6, 6.07) is 7.86. The lowest BCUT2D eigenvalue weighted by molar-refractivity contribution is 0.603. The quantitative estimate of drug-likeness (QED) is 0.588. The predicted octanol–water partition coefficient (Wildman–Crippen LogP) is 2.93.